The largest absolute Gasteiger partial charge is 0.383 e. The molecule has 18 heavy (non-hydrogen) atoms. The fraction of sp³-hybridized carbons (Fsp3) is 0.583. The highest BCUT2D eigenvalue weighted by Gasteiger charge is 2.21. The summed E-state index contributed by atoms with van der Waals surface area (Å²) in [7, 11) is 1.66. The van der Waals surface area contributed by atoms with Gasteiger partial charge >= 0.3 is 0 Å². The lowest BCUT2D eigenvalue weighted by Crippen LogP contribution is -2.43. The molecule has 0 amide bonds. The van der Waals surface area contributed by atoms with Gasteiger partial charge in [0.05, 0.1) is 13.2 Å². The minimum absolute atomic E-state index is 0.0131. The summed E-state index contributed by atoms with van der Waals surface area (Å²) in [6.07, 6.45) is 0. The van der Waals surface area contributed by atoms with Crippen LogP contribution in [0.15, 0.2) is 22.5 Å². The molecule has 1 rings (SSSR count). The van der Waals surface area contributed by atoms with Crippen molar-refractivity contribution >= 4 is 17.3 Å². The molecular weight excluding hydrogens is 248 g/mol. The summed E-state index contributed by atoms with van der Waals surface area (Å²) in [5, 5.41) is 5.16. The number of hydrogen-bond donors (Lipinski definition) is 3. The number of guanidine groups is 1. The first kappa shape index (κ1) is 14.9. The van der Waals surface area contributed by atoms with Crippen molar-refractivity contribution < 1.29 is 4.74 Å². The lowest BCUT2D eigenvalue weighted by atomic mass is 9.92. The molecule has 0 fully saturated rings. The van der Waals surface area contributed by atoms with Crippen LogP contribution in [0, 0.1) is 0 Å². The van der Waals surface area contributed by atoms with Crippen LogP contribution in [0.2, 0.25) is 0 Å². The zero-order chi connectivity index (χ0) is 13.4. The Hall–Kier alpha value is -1.11. The summed E-state index contributed by atoms with van der Waals surface area (Å²) in [6.45, 7) is 6.32. The van der Waals surface area contributed by atoms with Gasteiger partial charge in [-0.3, -0.25) is 10.4 Å². The van der Waals surface area contributed by atoms with Gasteiger partial charge in [0, 0.05) is 23.9 Å². The van der Waals surface area contributed by atoms with Crippen LogP contribution in [0.25, 0.3) is 0 Å². The number of aliphatic imine (C=N–C) groups is 1. The summed E-state index contributed by atoms with van der Waals surface area (Å²) >= 11 is 1.75. The number of rotatable bonds is 6. The smallest absolute Gasteiger partial charge is 0.205 e. The first-order chi connectivity index (χ1) is 8.60. The van der Waals surface area contributed by atoms with Crippen molar-refractivity contribution in [1.29, 1.82) is 0 Å². The van der Waals surface area contributed by atoms with Crippen LogP contribution in [-0.4, -0.2) is 32.8 Å². The van der Waals surface area contributed by atoms with Crippen LogP contribution in [0.5, 0.6) is 0 Å². The summed E-state index contributed by atoms with van der Waals surface area (Å²) in [5.74, 6) is 6.02. The van der Waals surface area contributed by atoms with Gasteiger partial charge in [-0.15, -0.1) is 11.3 Å². The van der Waals surface area contributed by atoms with E-state index in [0.29, 0.717) is 25.7 Å². The molecule has 1 heterocycles. The molecule has 0 aromatic carbocycles. The SMILES string of the molecule is COCCNC(=NCC(C)(C)c1cccs1)NN. The predicted octanol–water partition coefficient (Wildman–Crippen LogP) is 1.08. The minimum atomic E-state index is 0.0131. The van der Waals surface area contributed by atoms with Crippen LogP contribution in [0.3, 0.4) is 0 Å². The van der Waals surface area contributed by atoms with Gasteiger partial charge in [0.25, 0.3) is 0 Å². The highest BCUT2D eigenvalue weighted by atomic mass is 32.1. The normalized spacial score (nSPS) is 12.6. The third-order valence-electron chi connectivity index (χ3n) is 2.56. The highest BCUT2D eigenvalue weighted by molar-refractivity contribution is 7.10. The number of ether oxygens (including phenoxy) is 1. The monoisotopic (exact) mass is 270 g/mol. The summed E-state index contributed by atoms with van der Waals surface area (Å²) in [5.41, 5.74) is 2.58. The predicted molar refractivity (Wildman–Crippen MR) is 76.8 cm³/mol. The topological polar surface area (TPSA) is 71.7 Å². The molecule has 0 saturated carbocycles. The van der Waals surface area contributed by atoms with Crippen molar-refractivity contribution in [2.45, 2.75) is 19.3 Å². The van der Waals surface area contributed by atoms with E-state index in [1.165, 1.54) is 4.88 Å². The Balaban J connectivity index is 2.54. The first-order valence-corrected chi connectivity index (χ1v) is 6.76. The van der Waals surface area contributed by atoms with Crippen LogP contribution in [0.1, 0.15) is 18.7 Å². The van der Waals surface area contributed by atoms with Gasteiger partial charge in [0.15, 0.2) is 0 Å². The fourth-order valence-electron chi connectivity index (χ4n) is 1.44. The molecule has 5 nitrogen and oxygen atoms in total. The fourth-order valence-corrected chi connectivity index (χ4v) is 2.29. The zero-order valence-corrected chi connectivity index (χ0v) is 12.0. The van der Waals surface area contributed by atoms with E-state index in [2.05, 4.69) is 47.1 Å². The zero-order valence-electron chi connectivity index (χ0n) is 11.2. The Morgan fingerprint density at radius 3 is 2.89 bits per heavy atom. The Labute approximate surface area is 112 Å². The Bertz CT molecular complexity index is 362. The molecule has 0 radical (unpaired) electrons. The number of nitrogens with two attached hydrogens (primary N) is 1. The summed E-state index contributed by atoms with van der Waals surface area (Å²) < 4.78 is 4.96. The van der Waals surface area contributed by atoms with Gasteiger partial charge in [-0.05, 0) is 11.4 Å². The van der Waals surface area contributed by atoms with Crippen molar-refractivity contribution in [2.75, 3.05) is 26.8 Å². The molecule has 0 saturated heterocycles. The molecular formula is C12H22N4OS. The molecule has 0 aliphatic rings. The summed E-state index contributed by atoms with van der Waals surface area (Å²) in [4.78, 5) is 5.78. The number of methoxy groups -OCH3 is 1. The molecule has 0 spiro atoms. The molecule has 6 heteroatoms. The number of nitrogens with one attached hydrogen (secondary N) is 2. The number of hydrogen-bond acceptors (Lipinski definition) is 4. The van der Waals surface area contributed by atoms with Crippen molar-refractivity contribution in [3.63, 3.8) is 0 Å². The standard InChI is InChI=1S/C12H22N4OS/c1-12(2,10-5-4-8-18-10)9-15-11(16-13)14-6-7-17-3/h4-5,8H,6-7,9,13H2,1-3H3,(H2,14,15,16). The van der Waals surface area contributed by atoms with E-state index in [9.17, 15) is 0 Å². The van der Waals surface area contributed by atoms with Crippen LogP contribution >= 0.6 is 11.3 Å². The van der Waals surface area contributed by atoms with E-state index < -0.39 is 0 Å². The minimum Gasteiger partial charge on any atom is -0.383 e. The van der Waals surface area contributed by atoms with E-state index in [-0.39, 0.29) is 5.41 Å². The second-order valence-corrected chi connectivity index (χ2v) is 5.54. The average molecular weight is 270 g/mol. The molecule has 0 aliphatic carbocycles. The highest BCUT2D eigenvalue weighted by Crippen LogP contribution is 2.27. The van der Waals surface area contributed by atoms with E-state index in [4.69, 9.17) is 10.6 Å². The maximum absolute atomic E-state index is 5.42. The molecule has 102 valence electrons. The van der Waals surface area contributed by atoms with Crippen molar-refractivity contribution in [1.82, 2.24) is 10.7 Å². The number of hydrazine groups is 1. The van der Waals surface area contributed by atoms with Crippen molar-refractivity contribution in [3.05, 3.63) is 22.4 Å². The Morgan fingerprint density at radius 2 is 2.33 bits per heavy atom. The Morgan fingerprint density at radius 1 is 1.56 bits per heavy atom. The maximum Gasteiger partial charge on any atom is 0.205 e. The quantitative estimate of drug-likeness (QED) is 0.238. The Kier molecular flexibility index (Phi) is 6.11. The van der Waals surface area contributed by atoms with Gasteiger partial charge in [0.2, 0.25) is 5.96 Å². The lowest BCUT2D eigenvalue weighted by molar-refractivity contribution is 0.203. The van der Waals surface area contributed by atoms with E-state index in [1.807, 2.05) is 0 Å². The van der Waals surface area contributed by atoms with Crippen LogP contribution in [-0.2, 0) is 10.2 Å². The molecule has 0 atom stereocenters. The van der Waals surface area contributed by atoms with E-state index in [1.54, 1.807) is 18.4 Å². The van der Waals surface area contributed by atoms with Gasteiger partial charge in [-0.1, -0.05) is 19.9 Å². The lowest BCUT2D eigenvalue weighted by Gasteiger charge is -2.21. The molecule has 0 bridgehead atoms. The van der Waals surface area contributed by atoms with Gasteiger partial charge in [-0.25, -0.2) is 5.84 Å². The van der Waals surface area contributed by atoms with Crippen molar-refractivity contribution in [2.24, 2.45) is 10.8 Å². The second kappa shape index (κ2) is 7.35. The third-order valence-corrected chi connectivity index (χ3v) is 3.79. The van der Waals surface area contributed by atoms with Crippen LogP contribution < -0.4 is 16.6 Å². The first-order valence-electron chi connectivity index (χ1n) is 5.88. The average Bonchev–Trinajstić information content (AvgIpc) is 2.88. The van der Waals surface area contributed by atoms with Gasteiger partial charge in [0.1, 0.15) is 0 Å². The molecule has 1 aromatic rings. The number of thiophene rings is 1. The van der Waals surface area contributed by atoms with E-state index >= 15 is 0 Å². The molecule has 0 unspecified atom stereocenters. The van der Waals surface area contributed by atoms with Crippen molar-refractivity contribution in [3.8, 4) is 0 Å². The third kappa shape index (κ3) is 4.64. The molecule has 1 aromatic heterocycles. The number of nitrogens with zero attached hydrogens (tertiary/aromatic N) is 1. The maximum atomic E-state index is 5.42. The van der Waals surface area contributed by atoms with Gasteiger partial charge in [-0.2, -0.15) is 0 Å². The van der Waals surface area contributed by atoms with Gasteiger partial charge < -0.3 is 10.1 Å². The second-order valence-electron chi connectivity index (χ2n) is 4.59. The summed E-state index contributed by atoms with van der Waals surface area (Å²) in [6, 6.07) is 4.19. The van der Waals surface area contributed by atoms with Crippen LogP contribution in [0.4, 0.5) is 0 Å². The molecule has 4 N–H and O–H groups in total. The molecule has 0 aliphatic heterocycles. The van der Waals surface area contributed by atoms with E-state index in [0.717, 1.165) is 0 Å².